The summed E-state index contributed by atoms with van der Waals surface area (Å²) in [6, 6.07) is 15.5. The van der Waals surface area contributed by atoms with E-state index >= 15 is 0 Å². The van der Waals surface area contributed by atoms with Crippen molar-refractivity contribution in [3.63, 3.8) is 0 Å². The van der Waals surface area contributed by atoms with E-state index in [-0.39, 0.29) is 18.9 Å². The van der Waals surface area contributed by atoms with Crippen LogP contribution in [0.2, 0.25) is 0 Å². The summed E-state index contributed by atoms with van der Waals surface area (Å²) in [4.78, 5) is 0. The Balaban J connectivity index is 1.86. The molecule has 3 aromatic rings. The highest BCUT2D eigenvalue weighted by Gasteiger charge is 2.18. The lowest BCUT2D eigenvalue weighted by Gasteiger charge is -2.11. The van der Waals surface area contributed by atoms with E-state index in [1.807, 2.05) is 49.4 Å². The molecule has 0 atom stereocenters. The second kappa shape index (κ2) is 9.20. The summed E-state index contributed by atoms with van der Waals surface area (Å²) in [6.07, 6.45) is 0. The van der Waals surface area contributed by atoms with Crippen LogP contribution in [0.15, 0.2) is 42.5 Å². The maximum Gasteiger partial charge on any atom is 0.211 e. The van der Waals surface area contributed by atoms with Crippen LogP contribution < -0.4 is 14.2 Å². The summed E-state index contributed by atoms with van der Waals surface area (Å²) in [5.74, 6) is 1.42. The number of hydrogen-bond acceptors (Lipinski definition) is 5. The Kier molecular flexibility index (Phi) is 6.65. The third-order valence-corrected chi connectivity index (χ3v) is 6.30. The van der Waals surface area contributed by atoms with Crippen LogP contribution in [0.1, 0.15) is 19.4 Å². The fourth-order valence-corrected chi connectivity index (χ4v) is 3.97. The van der Waals surface area contributed by atoms with Crippen molar-refractivity contribution in [1.82, 2.24) is 9.29 Å². The number of methoxy groups -OCH3 is 1. The van der Waals surface area contributed by atoms with E-state index in [0.29, 0.717) is 17.9 Å². The molecule has 7 nitrogen and oxygen atoms in total. The number of nitrogens with one attached hydrogen (secondary N) is 1. The second-order valence-corrected chi connectivity index (χ2v) is 8.73. The number of sulfonamides is 1. The molecule has 1 heterocycles. The van der Waals surface area contributed by atoms with Gasteiger partial charge in [0.25, 0.3) is 0 Å². The Bertz CT molecular complexity index is 1180. The quantitative estimate of drug-likeness (QED) is 0.527. The van der Waals surface area contributed by atoms with E-state index in [9.17, 15) is 13.7 Å². The van der Waals surface area contributed by atoms with Crippen LogP contribution in [-0.4, -0.2) is 39.0 Å². The number of nitriles is 1. The number of ether oxygens (including phenoxy) is 2. The summed E-state index contributed by atoms with van der Waals surface area (Å²) in [5.41, 5.74) is 3.33. The minimum atomic E-state index is -3.22. The molecule has 2 aromatic carbocycles. The van der Waals surface area contributed by atoms with Crippen molar-refractivity contribution in [2.75, 3.05) is 26.0 Å². The largest absolute Gasteiger partial charge is 0.497 e. The van der Waals surface area contributed by atoms with E-state index in [0.717, 1.165) is 27.9 Å². The molecule has 0 bridgehead atoms. The van der Waals surface area contributed by atoms with Gasteiger partial charge in [0.05, 0.1) is 29.6 Å². The lowest BCUT2D eigenvalue weighted by atomic mass is 10.1. The van der Waals surface area contributed by atoms with E-state index in [4.69, 9.17) is 9.47 Å². The number of hydrogen-bond donors (Lipinski definition) is 1. The van der Waals surface area contributed by atoms with Crippen molar-refractivity contribution in [2.24, 2.45) is 0 Å². The molecule has 158 valence electrons. The molecule has 0 fully saturated rings. The molecule has 0 aliphatic heterocycles. The van der Waals surface area contributed by atoms with Gasteiger partial charge in [0.2, 0.25) is 10.0 Å². The van der Waals surface area contributed by atoms with Gasteiger partial charge in [0.15, 0.2) is 0 Å². The molecule has 0 amide bonds. The molecule has 3 rings (SSSR count). The molecular formula is C22H25N3O4S. The monoisotopic (exact) mass is 427 g/mol. The molecule has 30 heavy (non-hydrogen) atoms. The highest BCUT2D eigenvalue weighted by atomic mass is 32.2. The van der Waals surface area contributed by atoms with Crippen LogP contribution in [0, 0.1) is 11.3 Å². The highest BCUT2D eigenvalue weighted by Crippen LogP contribution is 2.35. The van der Waals surface area contributed by atoms with Crippen LogP contribution >= 0.6 is 0 Å². The van der Waals surface area contributed by atoms with E-state index < -0.39 is 10.0 Å². The smallest absolute Gasteiger partial charge is 0.211 e. The number of fused-ring (bicyclic) bond motifs is 1. The van der Waals surface area contributed by atoms with Gasteiger partial charge in [-0.3, -0.25) is 0 Å². The van der Waals surface area contributed by atoms with Gasteiger partial charge in [-0.05, 0) is 55.8 Å². The lowest BCUT2D eigenvalue weighted by Crippen LogP contribution is -2.29. The minimum Gasteiger partial charge on any atom is -0.497 e. The zero-order chi connectivity index (χ0) is 21.7. The SMILES string of the molecule is CCn1c(-c2ccc(OCCNS(=O)(=O)CC)cc2)c(C#N)c2ccc(OC)cc21. The van der Waals surface area contributed by atoms with Gasteiger partial charge in [0.1, 0.15) is 24.2 Å². The Labute approximate surface area is 176 Å². The molecule has 0 saturated carbocycles. The molecule has 0 spiro atoms. The number of nitrogens with zero attached hydrogens (tertiary/aromatic N) is 2. The Morgan fingerprint density at radius 2 is 1.80 bits per heavy atom. The predicted octanol–water partition coefficient (Wildman–Crippen LogP) is 3.53. The summed E-state index contributed by atoms with van der Waals surface area (Å²) in [5, 5.41) is 10.7. The lowest BCUT2D eigenvalue weighted by molar-refractivity contribution is 0.323. The van der Waals surface area contributed by atoms with E-state index in [2.05, 4.69) is 15.4 Å². The third-order valence-electron chi connectivity index (χ3n) is 4.90. The van der Waals surface area contributed by atoms with Gasteiger partial charge in [-0.15, -0.1) is 0 Å². The van der Waals surface area contributed by atoms with Crippen molar-refractivity contribution in [1.29, 1.82) is 5.26 Å². The summed E-state index contributed by atoms with van der Waals surface area (Å²) in [7, 11) is -1.60. The van der Waals surface area contributed by atoms with Crippen molar-refractivity contribution < 1.29 is 17.9 Å². The molecule has 0 radical (unpaired) electrons. The summed E-state index contributed by atoms with van der Waals surface area (Å²) < 4.78 is 38.4. The zero-order valence-electron chi connectivity index (χ0n) is 17.3. The Morgan fingerprint density at radius 3 is 2.40 bits per heavy atom. The van der Waals surface area contributed by atoms with Crippen LogP contribution in [0.4, 0.5) is 0 Å². The first-order valence-electron chi connectivity index (χ1n) is 9.75. The molecular weight excluding hydrogens is 402 g/mol. The maximum absolute atomic E-state index is 11.4. The van der Waals surface area contributed by atoms with Crippen LogP contribution in [0.5, 0.6) is 11.5 Å². The minimum absolute atomic E-state index is 0.0419. The fourth-order valence-electron chi connectivity index (χ4n) is 3.38. The van der Waals surface area contributed by atoms with Gasteiger partial charge in [0, 0.05) is 24.5 Å². The van der Waals surface area contributed by atoms with Gasteiger partial charge in [-0.2, -0.15) is 5.26 Å². The summed E-state index contributed by atoms with van der Waals surface area (Å²) in [6.45, 7) is 4.78. The molecule has 0 saturated heterocycles. The topological polar surface area (TPSA) is 93.4 Å². The first-order chi connectivity index (χ1) is 14.4. The molecule has 8 heteroatoms. The Hall–Kier alpha value is -3.02. The van der Waals surface area contributed by atoms with E-state index in [1.54, 1.807) is 14.0 Å². The number of aromatic nitrogens is 1. The average Bonchev–Trinajstić information content (AvgIpc) is 3.09. The molecule has 1 N–H and O–H groups in total. The molecule has 0 unspecified atom stereocenters. The maximum atomic E-state index is 11.4. The Morgan fingerprint density at radius 1 is 1.10 bits per heavy atom. The zero-order valence-corrected chi connectivity index (χ0v) is 18.1. The number of benzene rings is 2. The van der Waals surface area contributed by atoms with Crippen LogP contribution in [0.25, 0.3) is 22.2 Å². The second-order valence-electron chi connectivity index (χ2n) is 6.63. The van der Waals surface area contributed by atoms with Gasteiger partial charge in [-0.1, -0.05) is 0 Å². The predicted molar refractivity (Wildman–Crippen MR) is 117 cm³/mol. The molecule has 0 aliphatic carbocycles. The highest BCUT2D eigenvalue weighted by molar-refractivity contribution is 7.89. The van der Waals surface area contributed by atoms with Gasteiger partial charge < -0.3 is 14.0 Å². The van der Waals surface area contributed by atoms with Crippen LogP contribution in [0.3, 0.4) is 0 Å². The van der Waals surface area contributed by atoms with Crippen molar-refractivity contribution in [3.8, 4) is 28.8 Å². The van der Waals surface area contributed by atoms with Gasteiger partial charge in [-0.25, -0.2) is 13.1 Å². The number of rotatable bonds is 9. The standard InChI is InChI=1S/C22H25N3O4S/c1-4-25-21-14-18(28-3)10-11-19(21)20(15-23)22(25)16-6-8-17(9-7-16)29-13-12-24-30(26,27)5-2/h6-11,14,24H,4-5,12-13H2,1-3H3. The van der Waals surface area contributed by atoms with Crippen molar-refractivity contribution in [3.05, 3.63) is 48.0 Å². The third kappa shape index (κ3) is 4.42. The normalized spacial score (nSPS) is 11.4. The van der Waals surface area contributed by atoms with E-state index in [1.165, 1.54) is 0 Å². The number of aryl methyl sites for hydroxylation is 1. The fraction of sp³-hybridized carbons (Fsp3) is 0.318. The first-order valence-corrected chi connectivity index (χ1v) is 11.4. The molecule has 1 aromatic heterocycles. The first kappa shape index (κ1) is 21.7. The van der Waals surface area contributed by atoms with Crippen LogP contribution in [-0.2, 0) is 16.6 Å². The average molecular weight is 428 g/mol. The molecule has 0 aliphatic rings. The van der Waals surface area contributed by atoms with Gasteiger partial charge >= 0.3 is 0 Å². The van der Waals surface area contributed by atoms with Crippen molar-refractivity contribution >= 4 is 20.9 Å². The summed E-state index contributed by atoms with van der Waals surface area (Å²) >= 11 is 0. The van der Waals surface area contributed by atoms with Crippen molar-refractivity contribution in [2.45, 2.75) is 20.4 Å².